The van der Waals surface area contributed by atoms with Crippen LogP contribution in [0, 0.1) is 11.6 Å². The van der Waals surface area contributed by atoms with Gasteiger partial charge in [-0.3, -0.25) is 9.69 Å². The number of aromatic nitrogens is 4. The van der Waals surface area contributed by atoms with E-state index in [0.717, 1.165) is 37.5 Å². The number of tetrazole rings is 1. The van der Waals surface area contributed by atoms with Gasteiger partial charge in [0, 0.05) is 12.1 Å². The van der Waals surface area contributed by atoms with Gasteiger partial charge in [0.1, 0.15) is 17.2 Å². The van der Waals surface area contributed by atoms with Crippen molar-refractivity contribution in [1.82, 2.24) is 19.8 Å². The third-order valence-corrected chi connectivity index (χ3v) is 5.98. The summed E-state index contributed by atoms with van der Waals surface area (Å²) in [6.45, 7) is 0. The highest BCUT2D eigenvalue weighted by atomic mass is 19.1. The maximum atomic E-state index is 14.3. The summed E-state index contributed by atoms with van der Waals surface area (Å²) in [5, 5.41) is 7.14. The topological polar surface area (TPSA) is 109 Å². The zero-order valence-electron chi connectivity index (χ0n) is 19.1. The van der Waals surface area contributed by atoms with Crippen molar-refractivity contribution in [3.8, 4) is 17.2 Å². The number of aldehydes is 1. The standard InChI is InChI=1S/C23H23F2N5O5/c1-34-19-12-20(35-2)18(11-14(19)13-31)28(15-7-4-3-5-8-15)22(32)30-23(33)29(26-27-30)21-16(24)9-6-10-17(21)25/h6,9-13,15H,3-5,7-8H2,1-2H3. The molecule has 0 spiro atoms. The Bertz CT molecular complexity index is 1300. The van der Waals surface area contributed by atoms with Crippen LogP contribution in [-0.2, 0) is 0 Å². The van der Waals surface area contributed by atoms with Crippen molar-refractivity contribution in [3.63, 3.8) is 0 Å². The first-order chi connectivity index (χ1) is 16.9. The number of benzene rings is 2. The molecule has 0 saturated heterocycles. The van der Waals surface area contributed by atoms with Gasteiger partial charge in [-0.15, -0.1) is 4.68 Å². The van der Waals surface area contributed by atoms with E-state index in [9.17, 15) is 23.2 Å². The first-order valence-electron chi connectivity index (χ1n) is 11.0. The summed E-state index contributed by atoms with van der Waals surface area (Å²) < 4.78 is 40.0. The number of methoxy groups -OCH3 is 2. The minimum absolute atomic E-state index is 0.168. The minimum atomic E-state index is -1.15. The van der Waals surface area contributed by atoms with Gasteiger partial charge in [-0.1, -0.05) is 25.3 Å². The second-order valence-corrected chi connectivity index (χ2v) is 7.98. The Morgan fingerprint density at radius 1 is 1.06 bits per heavy atom. The number of nitrogens with zero attached hydrogens (tertiary/aromatic N) is 5. The zero-order valence-corrected chi connectivity index (χ0v) is 19.1. The monoisotopic (exact) mass is 487 g/mol. The average Bonchev–Trinajstić information content (AvgIpc) is 3.25. The van der Waals surface area contributed by atoms with Crippen molar-refractivity contribution in [2.75, 3.05) is 19.1 Å². The van der Waals surface area contributed by atoms with E-state index in [0.29, 0.717) is 28.5 Å². The molecule has 1 heterocycles. The Balaban J connectivity index is 1.86. The minimum Gasteiger partial charge on any atom is -0.496 e. The second-order valence-electron chi connectivity index (χ2n) is 7.98. The summed E-state index contributed by atoms with van der Waals surface area (Å²) in [7, 11) is 2.79. The number of halogens is 2. The fourth-order valence-electron chi connectivity index (χ4n) is 4.28. The van der Waals surface area contributed by atoms with Crippen LogP contribution < -0.4 is 20.1 Å². The predicted molar refractivity (Wildman–Crippen MR) is 121 cm³/mol. The van der Waals surface area contributed by atoms with Gasteiger partial charge in [-0.25, -0.2) is 18.4 Å². The van der Waals surface area contributed by atoms with Crippen molar-refractivity contribution in [2.24, 2.45) is 0 Å². The highest BCUT2D eigenvalue weighted by molar-refractivity contribution is 5.97. The SMILES string of the molecule is COc1cc(OC)c(N(C(=O)n2nnn(-c3c(F)cccc3F)c2=O)C2CCCCC2)cc1C=O. The van der Waals surface area contributed by atoms with Gasteiger partial charge >= 0.3 is 11.7 Å². The zero-order chi connectivity index (χ0) is 25.1. The molecule has 10 nitrogen and oxygen atoms in total. The van der Waals surface area contributed by atoms with E-state index in [2.05, 4.69) is 10.4 Å². The van der Waals surface area contributed by atoms with E-state index in [1.54, 1.807) is 0 Å². The van der Waals surface area contributed by atoms with Crippen LogP contribution >= 0.6 is 0 Å². The Morgan fingerprint density at radius 3 is 2.31 bits per heavy atom. The molecule has 184 valence electrons. The molecule has 0 bridgehead atoms. The second kappa shape index (κ2) is 10.0. The Kier molecular flexibility index (Phi) is 6.90. The highest BCUT2D eigenvalue weighted by Crippen LogP contribution is 2.38. The van der Waals surface area contributed by atoms with Crippen LogP contribution in [0.25, 0.3) is 5.69 Å². The van der Waals surface area contributed by atoms with E-state index in [1.807, 2.05) is 0 Å². The summed E-state index contributed by atoms with van der Waals surface area (Å²) in [6.07, 6.45) is 4.50. The smallest absolute Gasteiger partial charge is 0.377 e. The number of anilines is 1. The molecule has 12 heteroatoms. The van der Waals surface area contributed by atoms with Crippen LogP contribution in [0.15, 0.2) is 35.1 Å². The maximum Gasteiger partial charge on any atom is 0.377 e. The van der Waals surface area contributed by atoms with Crippen molar-refractivity contribution >= 4 is 18.0 Å². The Labute approximate surface area is 198 Å². The predicted octanol–water partition coefficient (Wildman–Crippen LogP) is 3.34. The molecule has 0 N–H and O–H groups in total. The van der Waals surface area contributed by atoms with Crippen LogP contribution in [0.3, 0.4) is 0 Å². The van der Waals surface area contributed by atoms with Gasteiger partial charge in [-0.2, -0.15) is 4.68 Å². The van der Waals surface area contributed by atoms with Crippen LogP contribution in [0.5, 0.6) is 11.5 Å². The van der Waals surface area contributed by atoms with Crippen LogP contribution in [0.2, 0.25) is 0 Å². The van der Waals surface area contributed by atoms with E-state index in [1.165, 1.54) is 31.3 Å². The van der Waals surface area contributed by atoms with Gasteiger partial charge < -0.3 is 9.47 Å². The third kappa shape index (κ3) is 4.38. The number of rotatable bonds is 6. The number of ether oxygens (including phenoxy) is 2. The molecule has 35 heavy (non-hydrogen) atoms. The molecule has 0 atom stereocenters. The molecule has 1 aliphatic rings. The summed E-state index contributed by atoms with van der Waals surface area (Å²) in [5.74, 6) is -1.60. The lowest BCUT2D eigenvalue weighted by molar-refractivity contribution is 0.112. The van der Waals surface area contributed by atoms with E-state index in [-0.39, 0.29) is 28.8 Å². The van der Waals surface area contributed by atoms with Gasteiger partial charge in [0.25, 0.3) is 0 Å². The van der Waals surface area contributed by atoms with E-state index in [4.69, 9.17) is 9.47 Å². The molecule has 1 aliphatic carbocycles. The molecular formula is C23H23F2N5O5. The summed E-state index contributed by atoms with van der Waals surface area (Å²) in [6, 6.07) is 4.72. The van der Waals surface area contributed by atoms with Gasteiger partial charge in [0.15, 0.2) is 17.9 Å². The fourth-order valence-corrected chi connectivity index (χ4v) is 4.28. The van der Waals surface area contributed by atoms with Crippen LogP contribution in [0.4, 0.5) is 19.3 Å². The normalized spacial score (nSPS) is 13.9. The lowest BCUT2D eigenvalue weighted by Crippen LogP contribution is -2.47. The molecule has 1 fully saturated rings. The van der Waals surface area contributed by atoms with Crippen LogP contribution in [0.1, 0.15) is 42.5 Å². The van der Waals surface area contributed by atoms with Gasteiger partial charge in [0.05, 0.1) is 25.5 Å². The molecule has 1 saturated carbocycles. The Morgan fingerprint density at radius 2 is 1.71 bits per heavy atom. The van der Waals surface area contributed by atoms with Crippen molar-refractivity contribution < 1.29 is 27.8 Å². The quantitative estimate of drug-likeness (QED) is 0.388. The van der Waals surface area contributed by atoms with Crippen LogP contribution in [-0.4, -0.2) is 52.4 Å². The van der Waals surface area contributed by atoms with Crippen molar-refractivity contribution in [2.45, 2.75) is 38.1 Å². The first-order valence-corrected chi connectivity index (χ1v) is 11.0. The highest BCUT2D eigenvalue weighted by Gasteiger charge is 2.33. The van der Waals surface area contributed by atoms with Gasteiger partial charge in [-0.05, 0) is 41.5 Å². The first kappa shape index (κ1) is 24.0. The van der Waals surface area contributed by atoms with Crippen molar-refractivity contribution in [3.05, 3.63) is 58.0 Å². The number of carbonyl (C=O) groups excluding carboxylic acids is 2. The number of hydrogen-bond acceptors (Lipinski definition) is 7. The number of amides is 1. The third-order valence-electron chi connectivity index (χ3n) is 5.98. The van der Waals surface area contributed by atoms with Crippen molar-refractivity contribution in [1.29, 1.82) is 0 Å². The average molecular weight is 487 g/mol. The lowest BCUT2D eigenvalue weighted by Gasteiger charge is -2.34. The molecule has 3 aromatic rings. The summed E-state index contributed by atoms with van der Waals surface area (Å²) in [4.78, 5) is 39.7. The Hall–Kier alpha value is -4.09. The molecule has 4 rings (SSSR count). The molecule has 0 radical (unpaired) electrons. The largest absolute Gasteiger partial charge is 0.496 e. The maximum absolute atomic E-state index is 14.3. The van der Waals surface area contributed by atoms with E-state index < -0.39 is 29.0 Å². The molecule has 0 unspecified atom stereocenters. The molecule has 2 aromatic carbocycles. The number of carbonyl (C=O) groups is 2. The molecule has 0 aliphatic heterocycles. The molecule has 1 amide bonds. The van der Waals surface area contributed by atoms with Gasteiger partial charge in [0.2, 0.25) is 0 Å². The summed E-state index contributed by atoms with van der Waals surface area (Å²) in [5.41, 5.74) is -1.50. The van der Waals surface area contributed by atoms with E-state index >= 15 is 0 Å². The molecule has 1 aromatic heterocycles. The fraction of sp³-hybridized carbons (Fsp3) is 0.348. The lowest BCUT2D eigenvalue weighted by atomic mass is 9.93. The number of hydrogen-bond donors (Lipinski definition) is 0. The molecular weight excluding hydrogens is 464 g/mol. The number of para-hydroxylation sites is 1. The summed E-state index contributed by atoms with van der Waals surface area (Å²) >= 11 is 0.